The van der Waals surface area contributed by atoms with Gasteiger partial charge in [0.1, 0.15) is 6.07 Å². The molecule has 3 aromatic rings. The summed E-state index contributed by atoms with van der Waals surface area (Å²) in [5, 5.41) is 11.9. The predicted molar refractivity (Wildman–Crippen MR) is 91.0 cm³/mol. The predicted octanol–water partition coefficient (Wildman–Crippen LogP) is 3.17. The van der Waals surface area contributed by atoms with Crippen LogP contribution in [0.25, 0.3) is 22.1 Å². The molecule has 1 aromatic heterocycles. The standard InChI is InChI=1S/C18H14N4O2/c1-2-24-18(23)12(10-19)11-20-13-7-8-16-17(9-13)22-15-6-4-3-5-14(15)21-16/h3-9,11,20H,2H2,1H3/b12-11+. The van der Waals surface area contributed by atoms with Crippen molar-refractivity contribution >= 4 is 33.7 Å². The molecule has 3 rings (SSSR count). The van der Waals surface area contributed by atoms with Gasteiger partial charge >= 0.3 is 5.97 Å². The average Bonchev–Trinajstić information content (AvgIpc) is 2.60. The van der Waals surface area contributed by atoms with Crippen LogP contribution in [0.2, 0.25) is 0 Å². The smallest absolute Gasteiger partial charge is 0.350 e. The molecule has 0 bridgehead atoms. The van der Waals surface area contributed by atoms with E-state index in [9.17, 15) is 4.79 Å². The topological polar surface area (TPSA) is 87.9 Å². The molecule has 0 aliphatic rings. The van der Waals surface area contributed by atoms with Crippen molar-refractivity contribution in [3.63, 3.8) is 0 Å². The molecule has 2 aromatic carbocycles. The number of nitrogens with zero attached hydrogens (tertiary/aromatic N) is 3. The van der Waals surface area contributed by atoms with Crippen LogP contribution in [0.4, 0.5) is 5.69 Å². The molecule has 0 fully saturated rings. The molecule has 0 saturated carbocycles. The molecule has 6 nitrogen and oxygen atoms in total. The number of anilines is 1. The van der Waals surface area contributed by atoms with Crippen LogP contribution in [0.15, 0.2) is 54.2 Å². The van der Waals surface area contributed by atoms with E-state index in [2.05, 4.69) is 15.3 Å². The Morgan fingerprint density at radius 1 is 1.17 bits per heavy atom. The Morgan fingerprint density at radius 2 is 1.83 bits per heavy atom. The Labute approximate surface area is 138 Å². The number of benzene rings is 2. The molecule has 0 saturated heterocycles. The van der Waals surface area contributed by atoms with Gasteiger partial charge in [0.15, 0.2) is 5.57 Å². The van der Waals surface area contributed by atoms with Crippen LogP contribution in [-0.2, 0) is 9.53 Å². The van der Waals surface area contributed by atoms with Crippen molar-refractivity contribution in [3.8, 4) is 6.07 Å². The van der Waals surface area contributed by atoms with Crippen LogP contribution in [0.3, 0.4) is 0 Å². The highest BCUT2D eigenvalue weighted by Gasteiger charge is 2.09. The Kier molecular flexibility index (Phi) is 4.34. The molecule has 0 aliphatic carbocycles. The summed E-state index contributed by atoms with van der Waals surface area (Å²) in [4.78, 5) is 20.7. The quantitative estimate of drug-likeness (QED) is 0.344. The maximum absolute atomic E-state index is 11.6. The molecule has 0 unspecified atom stereocenters. The van der Waals surface area contributed by atoms with Crippen molar-refractivity contribution in [2.75, 3.05) is 11.9 Å². The second-order valence-electron chi connectivity index (χ2n) is 4.95. The van der Waals surface area contributed by atoms with E-state index >= 15 is 0 Å². The van der Waals surface area contributed by atoms with E-state index < -0.39 is 5.97 Å². The molecule has 24 heavy (non-hydrogen) atoms. The number of hydrogen-bond donors (Lipinski definition) is 1. The number of esters is 1. The fraction of sp³-hybridized carbons (Fsp3) is 0.111. The van der Waals surface area contributed by atoms with E-state index in [1.54, 1.807) is 6.92 Å². The van der Waals surface area contributed by atoms with Crippen molar-refractivity contribution in [2.45, 2.75) is 6.92 Å². The molecule has 0 atom stereocenters. The number of rotatable bonds is 4. The molecule has 0 amide bonds. The first-order valence-corrected chi connectivity index (χ1v) is 7.41. The average molecular weight is 318 g/mol. The van der Waals surface area contributed by atoms with Crippen LogP contribution in [0.1, 0.15) is 6.92 Å². The summed E-state index contributed by atoms with van der Waals surface area (Å²) in [6.45, 7) is 1.91. The Balaban J connectivity index is 1.91. The van der Waals surface area contributed by atoms with Crippen molar-refractivity contribution in [1.82, 2.24) is 9.97 Å². The highest BCUT2D eigenvalue weighted by atomic mass is 16.5. The second kappa shape index (κ2) is 6.75. The first-order valence-electron chi connectivity index (χ1n) is 7.41. The fourth-order valence-electron chi connectivity index (χ4n) is 2.21. The third-order valence-corrected chi connectivity index (χ3v) is 3.34. The number of carbonyl (C=O) groups is 1. The summed E-state index contributed by atoms with van der Waals surface area (Å²) >= 11 is 0. The van der Waals surface area contributed by atoms with Gasteiger partial charge in [-0.05, 0) is 37.3 Å². The van der Waals surface area contributed by atoms with Gasteiger partial charge in [0.25, 0.3) is 0 Å². The van der Waals surface area contributed by atoms with Gasteiger partial charge in [0, 0.05) is 11.9 Å². The zero-order valence-electron chi connectivity index (χ0n) is 13.0. The Morgan fingerprint density at radius 3 is 2.50 bits per heavy atom. The summed E-state index contributed by atoms with van der Waals surface area (Å²) in [5.41, 5.74) is 3.74. The van der Waals surface area contributed by atoms with Gasteiger partial charge in [0.2, 0.25) is 0 Å². The van der Waals surface area contributed by atoms with Crippen molar-refractivity contribution in [3.05, 3.63) is 54.2 Å². The first-order chi connectivity index (χ1) is 11.7. The summed E-state index contributed by atoms with van der Waals surface area (Å²) in [7, 11) is 0. The summed E-state index contributed by atoms with van der Waals surface area (Å²) < 4.78 is 4.81. The van der Waals surface area contributed by atoms with Crippen LogP contribution < -0.4 is 5.32 Å². The largest absolute Gasteiger partial charge is 0.462 e. The molecular formula is C18H14N4O2. The number of ether oxygens (including phenoxy) is 1. The first kappa shape index (κ1) is 15.4. The Hall–Kier alpha value is -3.46. The summed E-state index contributed by atoms with van der Waals surface area (Å²) in [5.74, 6) is -0.654. The minimum absolute atomic E-state index is 0.0958. The van der Waals surface area contributed by atoms with Crippen molar-refractivity contribution in [1.29, 1.82) is 5.26 Å². The number of para-hydroxylation sites is 2. The van der Waals surface area contributed by atoms with Crippen molar-refractivity contribution in [2.24, 2.45) is 0 Å². The van der Waals surface area contributed by atoms with E-state index in [1.807, 2.05) is 48.5 Å². The zero-order valence-corrected chi connectivity index (χ0v) is 13.0. The highest BCUT2D eigenvalue weighted by molar-refractivity contribution is 5.93. The zero-order chi connectivity index (χ0) is 16.9. The lowest BCUT2D eigenvalue weighted by atomic mass is 10.2. The van der Waals surface area contributed by atoms with Gasteiger partial charge in [-0.15, -0.1) is 0 Å². The van der Waals surface area contributed by atoms with Crippen LogP contribution in [0.5, 0.6) is 0 Å². The van der Waals surface area contributed by atoms with Gasteiger partial charge in [-0.3, -0.25) is 0 Å². The third-order valence-electron chi connectivity index (χ3n) is 3.34. The van der Waals surface area contributed by atoms with Crippen LogP contribution in [0, 0.1) is 11.3 Å². The maximum Gasteiger partial charge on any atom is 0.350 e. The maximum atomic E-state index is 11.6. The Bertz CT molecular complexity index is 989. The van der Waals surface area contributed by atoms with E-state index in [0.29, 0.717) is 5.69 Å². The number of nitriles is 1. The molecular weight excluding hydrogens is 304 g/mol. The monoisotopic (exact) mass is 318 g/mol. The summed E-state index contributed by atoms with van der Waals surface area (Å²) in [6.07, 6.45) is 1.33. The highest BCUT2D eigenvalue weighted by Crippen LogP contribution is 2.19. The number of nitrogens with one attached hydrogen (secondary N) is 1. The minimum Gasteiger partial charge on any atom is -0.462 e. The van der Waals surface area contributed by atoms with Crippen LogP contribution in [-0.4, -0.2) is 22.5 Å². The number of carbonyl (C=O) groups excluding carboxylic acids is 1. The van der Waals surface area contributed by atoms with Gasteiger partial charge in [-0.2, -0.15) is 5.26 Å². The molecule has 0 spiro atoms. The molecule has 118 valence electrons. The number of hydrogen-bond acceptors (Lipinski definition) is 6. The normalized spacial score (nSPS) is 11.2. The number of fused-ring (bicyclic) bond motifs is 2. The second-order valence-corrected chi connectivity index (χ2v) is 4.95. The third kappa shape index (κ3) is 3.15. The minimum atomic E-state index is -0.654. The van der Waals surface area contributed by atoms with E-state index in [0.717, 1.165) is 22.1 Å². The van der Waals surface area contributed by atoms with Gasteiger partial charge < -0.3 is 10.1 Å². The van der Waals surface area contributed by atoms with Gasteiger partial charge in [-0.25, -0.2) is 14.8 Å². The molecule has 1 heterocycles. The van der Waals surface area contributed by atoms with Gasteiger partial charge in [-0.1, -0.05) is 12.1 Å². The lowest BCUT2D eigenvalue weighted by Gasteiger charge is -2.05. The van der Waals surface area contributed by atoms with Gasteiger partial charge in [0.05, 0.1) is 28.7 Å². The molecule has 6 heteroatoms. The fourth-order valence-corrected chi connectivity index (χ4v) is 2.21. The van der Waals surface area contributed by atoms with E-state index in [1.165, 1.54) is 6.20 Å². The van der Waals surface area contributed by atoms with Crippen molar-refractivity contribution < 1.29 is 9.53 Å². The van der Waals surface area contributed by atoms with Crippen LogP contribution >= 0.6 is 0 Å². The van der Waals surface area contributed by atoms with E-state index in [4.69, 9.17) is 10.00 Å². The lowest BCUT2D eigenvalue weighted by Crippen LogP contribution is -2.07. The van der Waals surface area contributed by atoms with E-state index in [-0.39, 0.29) is 12.2 Å². The molecule has 0 radical (unpaired) electrons. The molecule has 1 N–H and O–H groups in total. The molecule has 0 aliphatic heterocycles. The lowest BCUT2D eigenvalue weighted by molar-refractivity contribution is -0.138. The number of aromatic nitrogens is 2. The SMILES string of the molecule is CCOC(=O)/C(C#N)=C/Nc1ccc2nc3ccccc3nc2c1. The summed E-state index contributed by atoms with van der Waals surface area (Å²) in [6, 6.07) is 14.9.